The molecule has 6 nitrogen and oxygen atoms in total. The van der Waals surface area contributed by atoms with Gasteiger partial charge in [-0.1, -0.05) is 28.3 Å². The van der Waals surface area contributed by atoms with E-state index in [0.717, 1.165) is 18.8 Å². The third-order valence-electron chi connectivity index (χ3n) is 2.31. The quantitative estimate of drug-likeness (QED) is 0.370. The molecule has 20 heavy (non-hydrogen) atoms. The van der Waals surface area contributed by atoms with Gasteiger partial charge in [-0.3, -0.25) is 0 Å². The van der Waals surface area contributed by atoms with Crippen LogP contribution in [0.15, 0.2) is 37.1 Å². The predicted octanol–water partition coefficient (Wildman–Crippen LogP) is 2.61. The molecule has 9 heteroatoms. The predicted molar refractivity (Wildman–Crippen MR) is 85.0 cm³/mol. The zero-order valence-corrected chi connectivity index (χ0v) is 14.0. The Bertz CT molecular complexity index is 643. The number of aromatic nitrogens is 2. The minimum absolute atomic E-state index is 0.0687. The zero-order chi connectivity index (χ0) is 14.7. The lowest BCUT2D eigenvalue weighted by Crippen LogP contribution is -2.13. The van der Waals surface area contributed by atoms with E-state index in [4.69, 9.17) is 10.9 Å². The monoisotopic (exact) mass is 373 g/mol. The number of amidine groups is 1. The van der Waals surface area contributed by atoms with Crippen molar-refractivity contribution in [1.82, 2.24) is 10.2 Å². The van der Waals surface area contributed by atoms with E-state index in [0.29, 0.717) is 5.56 Å². The lowest BCUT2D eigenvalue weighted by atomic mass is 10.2. The summed E-state index contributed by atoms with van der Waals surface area (Å²) in [5.41, 5.74) is 6.21. The van der Waals surface area contributed by atoms with Gasteiger partial charge in [-0.25, -0.2) is 0 Å². The van der Waals surface area contributed by atoms with Gasteiger partial charge in [-0.2, -0.15) is 0 Å². The molecule has 0 aliphatic rings. The fourth-order valence-corrected chi connectivity index (χ4v) is 3.86. The van der Waals surface area contributed by atoms with Gasteiger partial charge in [0.25, 0.3) is 0 Å². The molecule has 0 atom stereocenters. The van der Waals surface area contributed by atoms with Gasteiger partial charge in [0, 0.05) is 29.0 Å². The van der Waals surface area contributed by atoms with Crippen LogP contribution in [0.25, 0.3) is 0 Å². The lowest BCUT2D eigenvalue weighted by molar-refractivity contribution is 0.318. The van der Waals surface area contributed by atoms with Crippen LogP contribution < -0.4 is 10.6 Å². The van der Waals surface area contributed by atoms with Crippen LogP contribution in [-0.4, -0.2) is 35.3 Å². The Hall–Kier alpha value is -1.32. The van der Waals surface area contributed by atoms with Gasteiger partial charge in [0.2, 0.25) is 5.13 Å². The Morgan fingerprint density at radius 1 is 1.45 bits per heavy atom. The van der Waals surface area contributed by atoms with Crippen molar-refractivity contribution in [2.45, 2.75) is 9.24 Å². The lowest BCUT2D eigenvalue weighted by Gasteiger charge is -2.05. The number of nitrogens with zero attached hydrogens (tertiary/aromatic N) is 4. The van der Waals surface area contributed by atoms with Gasteiger partial charge in [-0.15, -0.1) is 10.2 Å². The van der Waals surface area contributed by atoms with Crippen molar-refractivity contribution < 1.29 is 5.21 Å². The molecular formula is C11H12BrN5OS2. The smallest absolute Gasteiger partial charge is 0.208 e. The number of hydrogen-bond acceptors (Lipinski definition) is 7. The van der Waals surface area contributed by atoms with E-state index in [1.807, 2.05) is 31.1 Å². The highest BCUT2D eigenvalue weighted by Crippen LogP contribution is 2.34. The number of hydrogen-bond donors (Lipinski definition) is 2. The second-order valence-corrected chi connectivity index (χ2v) is 7.10. The Labute approximate surface area is 132 Å². The van der Waals surface area contributed by atoms with Crippen molar-refractivity contribution in [1.29, 1.82) is 0 Å². The van der Waals surface area contributed by atoms with Gasteiger partial charge >= 0.3 is 0 Å². The van der Waals surface area contributed by atoms with Crippen molar-refractivity contribution in [3.8, 4) is 0 Å². The Balaban J connectivity index is 2.19. The van der Waals surface area contributed by atoms with Crippen molar-refractivity contribution in [2.75, 3.05) is 19.0 Å². The van der Waals surface area contributed by atoms with Crippen LogP contribution in [0.4, 0.5) is 5.13 Å². The molecule has 0 amide bonds. The summed E-state index contributed by atoms with van der Waals surface area (Å²) in [6, 6.07) is 5.57. The second-order valence-electron chi connectivity index (χ2n) is 3.97. The molecule has 0 fully saturated rings. The molecule has 1 heterocycles. The largest absolute Gasteiger partial charge is 0.409 e. The molecule has 0 spiro atoms. The van der Waals surface area contributed by atoms with E-state index in [2.05, 4.69) is 31.3 Å². The van der Waals surface area contributed by atoms with Crippen molar-refractivity contribution in [3.05, 3.63) is 28.2 Å². The average Bonchev–Trinajstić information content (AvgIpc) is 2.87. The molecule has 3 N–H and O–H groups in total. The third kappa shape index (κ3) is 3.41. The summed E-state index contributed by atoms with van der Waals surface area (Å²) in [7, 11) is 3.86. The fraction of sp³-hybridized carbons (Fsp3) is 0.182. The summed E-state index contributed by atoms with van der Waals surface area (Å²) in [5.74, 6) is 0.0687. The first-order valence-electron chi connectivity index (χ1n) is 5.47. The van der Waals surface area contributed by atoms with E-state index < -0.39 is 0 Å². The molecule has 0 saturated carbocycles. The highest BCUT2D eigenvalue weighted by atomic mass is 79.9. The molecule has 0 radical (unpaired) electrons. The number of benzene rings is 1. The normalized spacial score (nSPS) is 11.7. The minimum atomic E-state index is 0.0687. The molecule has 0 unspecified atom stereocenters. The molecule has 0 aliphatic carbocycles. The maximum atomic E-state index is 8.69. The molecular weight excluding hydrogens is 362 g/mol. The second kappa shape index (κ2) is 6.42. The molecule has 0 saturated heterocycles. The van der Waals surface area contributed by atoms with Crippen molar-refractivity contribution >= 4 is 50.0 Å². The summed E-state index contributed by atoms with van der Waals surface area (Å²) >= 11 is 6.44. The summed E-state index contributed by atoms with van der Waals surface area (Å²) < 4.78 is 1.62. The van der Waals surface area contributed by atoms with Crippen molar-refractivity contribution in [2.24, 2.45) is 10.9 Å². The van der Waals surface area contributed by atoms with E-state index in [1.165, 1.54) is 23.1 Å². The van der Waals surface area contributed by atoms with E-state index in [1.54, 1.807) is 6.07 Å². The van der Waals surface area contributed by atoms with Crippen LogP contribution in [0.3, 0.4) is 0 Å². The highest BCUT2D eigenvalue weighted by molar-refractivity contribution is 9.10. The maximum absolute atomic E-state index is 8.69. The fourth-order valence-electron chi connectivity index (χ4n) is 1.35. The van der Waals surface area contributed by atoms with Crippen LogP contribution in [0.2, 0.25) is 0 Å². The Morgan fingerprint density at radius 2 is 2.20 bits per heavy atom. The first-order valence-corrected chi connectivity index (χ1v) is 7.90. The first-order chi connectivity index (χ1) is 9.51. The van der Waals surface area contributed by atoms with Gasteiger partial charge in [0.05, 0.1) is 0 Å². The number of halogens is 1. The van der Waals surface area contributed by atoms with Crippen LogP contribution in [0, 0.1) is 0 Å². The van der Waals surface area contributed by atoms with Crippen LogP contribution in [0.1, 0.15) is 5.56 Å². The number of rotatable bonds is 4. The molecule has 2 aromatic rings. The first kappa shape index (κ1) is 15.1. The molecule has 0 bridgehead atoms. The summed E-state index contributed by atoms with van der Waals surface area (Å²) in [6.07, 6.45) is 0. The standard InChI is InChI=1S/C11H12BrN5OS2/c1-17(2)10-14-15-11(20-10)19-6-3-4-7(8(12)5-6)9(13)16-18/h3-5,18H,1-2H3,(H2,13,16). The molecule has 2 rings (SSSR count). The third-order valence-corrected chi connectivity index (χ3v) is 5.10. The maximum Gasteiger partial charge on any atom is 0.208 e. The van der Waals surface area contributed by atoms with Crippen LogP contribution >= 0.6 is 39.0 Å². The Morgan fingerprint density at radius 3 is 2.75 bits per heavy atom. The summed E-state index contributed by atoms with van der Waals surface area (Å²) in [6.45, 7) is 0. The topological polar surface area (TPSA) is 87.6 Å². The summed E-state index contributed by atoms with van der Waals surface area (Å²) in [5, 5.41) is 20.7. The van der Waals surface area contributed by atoms with E-state index in [9.17, 15) is 0 Å². The van der Waals surface area contributed by atoms with Gasteiger partial charge in [0.15, 0.2) is 10.2 Å². The Kier molecular flexibility index (Phi) is 4.84. The average molecular weight is 374 g/mol. The number of anilines is 1. The molecule has 1 aromatic heterocycles. The molecule has 1 aromatic carbocycles. The van der Waals surface area contributed by atoms with Crippen LogP contribution in [0.5, 0.6) is 0 Å². The van der Waals surface area contributed by atoms with E-state index >= 15 is 0 Å². The molecule has 0 aliphatic heterocycles. The zero-order valence-electron chi connectivity index (χ0n) is 10.7. The van der Waals surface area contributed by atoms with Gasteiger partial charge in [-0.05, 0) is 34.1 Å². The van der Waals surface area contributed by atoms with E-state index in [-0.39, 0.29) is 5.84 Å². The SMILES string of the molecule is CN(C)c1nnc(Sc2ccc(/C(N)=N/O)c(Br)c2)s1. The van der Waals surface area contributed by atoms with Gasteiger partial charge < -0.3 is 15.8 Å². The van der Waals surface area contributed by atoms with Gasteiger partial charge in [0.1, 0.15) is 0 Å². The molecule has 106 valence electrons. The highest BCUT2D eigenvalue weighted by Gasteiger charge is 2.10. The van der Waals surface area contributed by atoms with Crippen molar-refractivity contribution in [3.63, 3.8) is 0 Å². The number of oxime groups is 1. The number of nitrogens with two attached hydrogens (primary N) is 1. The minimum Gasteiger partial charge on any atom is -0.409 e. The van der Waals surface area contributed by atoms with Crippen LogP contribution in [-0.2, 0) is 0 Å². The summed E-state index contributed by atoms with van der Waals surface area (Å²) in [4.78, 5) is 2.91.